The molecule has 1 amide bonds. The number of nitrogens with zero attached hydrogens (tertiary/aromatic N) is 1. The van der Waals surface area contributed by atoms with Crippen molar-refractivity contribution in [1.29, 1.82) is 0 Å². The van der Waals surface area contributed by atoms with Gasteiger partial charge in [0.05, 0.1) is 23.9 Å². The Morgan fingerprint density at radius 3 is 2.50 bits per heavy atom. The Hall–Kier alpha value is -2.56. The molecular formula is C14H14FN3O5S. The number of carbonyl (C=O) groups is 1. The van der Waals surface area contributed by atoms with Crippen LogP contribution in [0.15, 0.2) is 47.5 Å². The molecule has 2 rings (SSSR count). The van der Waals surface area contributed by atoms with Gasteiger partial charge >= 0.3 is 0 Å². The van der Waals surface area contributed by atoms with E-state index in [2.05, 4.69) is 15.1 Å². The molecule has 1 heterocycles. The smallest absolute Gasteiger partial charge is 0.262 e. The number of pyridine rings is 1. The van der Waals surface area contributed by atoms with Crippen LogP contribution in [0, 0.1) is 5.82 Å². The van der Waals surface area contributed by atoms with Gasteiger partial charge < -0.3 is 10.1 Å². The number of sulfonamides is 1. The number of hydrogen-bond donors (Lipinski definition) is 2. The van der Waals surface area contributed by atoms with Crippen molar-refractivity contribution in [2.75, 3.05) is 19.0 Å². The normalized spacial score (nSPS) is 11.1. The molecule has 0 aliphatic carbocycles. The van der Waals surface area contributed by atoms with Gasteiger partial charge in [-0.15, -0.1) is 0 Å². The van der Waals surface area contributed by atoms with Gasteiger partial charge in [-0.2, -0.15) is 0 Å². The molecule has 0 radical (unpaired) electrons. The molecule has 1 aromatic heterocycles. The zero-order valence-electron chi connectivity index (χ0n) is 12.5. The number of ether oxygens (including phenoxy) is 1. The summed E-state index contributed by atoms with van der Waals surface area (Å²) in [7, 11) is -2.54. The zero-order chi connectivity index (χ0) is 17.6. The van der Waals surface area contributed by atoms with E-state index >= 15 is 0 Å². The van der Waals surface area contributed by atoms with Crippen molar-refractivity contribution in [2.45, 2.75) is 4.90 Å². The SMILES string of the molecule is COc1ccc(NC(=O)CONS(=O)(=O)c2ccc(F)cc2)cn1. The van der Waals surface area contributed by atoms with Crippen LogP contribution >= 0.6 is 0 Å². The Balaban J connectivity index is 1.84. The van der Waals surface area contributed by atoms with E-state index in [1.165, 1.54) is 13.3 Å². The van der Waals surface area contributed by atoms with Gasteiger partial charge in [0, 0.05) is 6.07 Å². The van der Waals surface area contributed by atoms with Crippen LogP contribution in [0.2, 0.25) is 0 Å². The van der Waals surface area contributed by atoms with E-state index in [1.54, 1.807) is 17.0 Å². The van der Waals surface area contributed by atoms with Crippen molar-refractivity contribution in [3.63, 3.8) is 0 Å². The number of nitrogens with one attached hydrogen (secondary N) is 2. The maximum absolute atomic E-state index is 12.8. The number of halogens is 1. The van der Waals surface area contributed by atoms with Crippen LogP contribution in [0.5, 0.6) is 5.88 Å². The lowest BCUT2D eigenvalue weighted by molar-refractivity contribution is -0.121. The molecule has 10 heteroatoms. The van der Waals surface area contributed by atoms with Crippen molar-refractivity contribution in [2.24, 2.45) is 0 Å². The molecule has 0 saturated carbocycles. The molecule has 0 aliphatic heterocycles. The zero-order valence-corrected chi connectivity index (χ0v) is 13.3. The Labute approximate surface area is 137 Å². The van der Waals surface area contributed by atoms with Gasteiger partial charge in [0.15, 0.2) is 0 Å². The summed E-state index contributed by atoms with van der Waals surface area (Å²) in [5.74, 6) is -0.776. The number of carbonyl (C=O) groups excluding carboxylic acids is 1. The molecule has 2 aromatic rings. The molecule has 2 N–H and O–H groups in total. The van der Waals surface area contributed by atoms with Crippen molar-refractivity contribution in [3.8, 4) is 5.88 Å². The third-order valence-electron chi connectivity index (χ3n) is 2.73. The Bertz CT molecular complexity index is 794. The lowest BCUT2D eigenvalue weighted by atomic mass is 10.4. The fourth-order valence-corrected chi connectivity index (χ4v) is 2.41. The van der Waals surface area contributed by atoms with Crippen LogP contribution in [-0.2, 0) is 19.7 Å². The lowest BCUT2D eigenvalue weighted by Crippen LogP contribution is -2.29. The molecule has 0 saturated heterocycles. The highest BCUT2D eigenvalue weighted by molar-refractivity contribution is 7.89. The topological polar surface area (TPSA) is 107 Å². The monoisotopic (exact) mass is 355 g/mol. The van der Waals surface area contributed by atoms with Crippen molar-refractivity contribution in [1.82, 2.24) is 9.87 Å². The summed E-state index contributed by atoms with van der Waals surface area (Å²) >= 11 is 0. The molecule has 8 nitrogen and oxygen atoms in total. The third-order valence-corrected chi connectivity index (χ3v) is 3.96. The van der Waals surface area contributed by atoms with Crippen LogP contribution in [0.25, 0.3) is 0 Å². The summed E-state index contributed by atoms with van der Waals surface area (Å²) in [5.41, 5.74) is 0.394. The summed E-state index contributed by atoms with van der Waals surface area (Å²) < 4.78 is 41.3. The van der Waals surface area contributed by atoms with Crippen LogP contribution in [0.4, 0.5) is 10.1 Å². The maximum atomic E-state index is 12.8. The number of benzene rings is 1. The minimum Gasteiger partial charge on any atom is -0.481 e. The number of aromatic nitrogens is 1. The van der Waals surface area contributed by atoms with Gasteiger partial charge in [-0.1, -0.05) is 4.89 Å². The van der Waals surface area contributed by atoms with E-state index in [9.17, 15) is 17.6 Å². The van der Waals surface area contributed by atoms with E-state index < -0.39 is 28.4 Å². The lowest BCUT2D eigenvalue weighted by Gasteiger charge is -2.08. The second-order valence-electron chi connectivity index (χ2n) is 4.47. The summed E-state index contributed by atoms with van der Waals surface area (Å²) in [5, 5.41) is 2.46. The number of rotatable bonds is 7. The highest BCUT2D eigenvalue weighted by atomic mass is 32.2. The average molecular weight is 355 g/mol. The predicted octanol–water partition coefficient (Wildman–Crippen LogP) is 1.08. The van der Waals surface area contributed by atoms with E-state index in [4.69, 9.17) is 4.74 Å². The second kappa shape index (κ2) is 7.81. The number of anilines is 1. The Morgan fingerprint density at radius 2 is 1.92 bits per heavy atom. The van der Waals surface area contributed by atoms with Gasteiger partial charge in [0.25, 0.3) is 15.9 Å². The highest BCUT2D eigenvalue weighted by Gasteiger charge is 2.15. The van der Waals surface area contributed by atoms with E-state index in [-0.39, 0.29) is 4.90 Å². The summed E-state index contributed by atoms with van der Waals surface area (Å²) in [6, 6.07) is 7.25. The van der Waals surface area contributed by atoms with Gasteiger partial charge in [-0.05, 0) is 30.3 Å². The molecular weight excluding hydrogens is 341 g/mol. The maximum Gasteiger partial charge on any atom is 0.262 e. The first kappa shape index (κ1) is 17.8. The van der Waals surface area contributed by atoms with Crippen molar-refractivity contribution in [3.05, 3.63) is 48.4 Å². The quantitative estimate of drug-likeness (QED) is 0.720. The summed E-state index contributed by atoms with van der Waals surface area (Å²) in [4.78, 5) is 21.8. The third kappa shape index (κ3) is 4.98. The first-order valence-electron chi connectivity index (χ1n) is 6.60. The molecule has 24 heavy (non-hydrogen) atoms. The van der Waals surface area contributed by atoms with E-state index in [1.807, 2.05) is 0 Å². The predicted molar refractivity (Wildman–Crippen MR) is 82.1 cm³/mol. The molecule has 0 unspecified atom stereocenters. The molecule has 0 spiro atoms. The first-order valence-corrected chi connectivity index (χ1v) is 8.08. The molecule has 0 bridgehead atoms. The second-order valence-corrected chi connectivity index (χ2v) is 6.11. The average Bonchev–Trinajstić information content (AvgIpc) is 2.56. The minimum atomic E-state index is -4.00. The van der Waals surface area contributed by atoms with Crippen LogP contribution < -0.4 is 14.9 Å². The fourth-order valence-electron chi connectivity index (χ4n) is 1.61. The number of hydrogen-bond acceptors (Lipinski definition) is 6. The highest BCUT2D eigenvalue weighted by Crippen LogP contribution is 2.11. The molecule has 0 aliphatic rings. The molecule has 0 atom stereocenters. The molecule has 0 fully saturated rings. The van der Waals surface area contributed by atoms with E-state index in [0.29, 0.717) is 11.6 Å². The minimum absolute atomic E-state index is 0.191. The van der Waals surface area contributed by atoms with Crippen LogP contribution in [-0.4, -0.2) is 33.0 Å². The van der Waals surface area contributed by atoms with Crippen molar-refractivity contribution >= 4 is 21.6 Å². The Kier molecular flexibility index (Phi) is 5.79. The molecule has 128 valence electrons. The van der Waals surface area contributed by atoms with Gasteiger partial charge in [0.1, 0.15) is 12.4 Å². The fraction of sp³-hybridized carbons (Fsp3) is 0.143. The summed E-state index contributed by atoms with van der Waals surface area (Å²) in [6.07, 6.45) is 1.37. The van der Waals surface area contributed by atoms with Crippen LogP contribution in [0.1, 0.15) is 0 Å². The molecule has 1 aromatic carbocycles. The van der Waals surface area contributed by atoms with Crippen LogP contribution in [0.3, 0.4) is 0 Å². The van der Waals surface area contributed by atoms with Gasteiger partial charge in [-0.25, -0.2) is 17.8 Å². The Morgan fingerprint density at radius 1 is 1.21 bits per heavy atom. The summed E-state index contributed by atoms with van der Waals surface area (Å²) in [6.45, 7) is -0.563. The first-order chi connectivity index (χ1) is 11.4. The largest absolute Gasteiger partial charge is 0.481 e. The van der Waals surface area contributed by atoms with Crippen molar-refractivity contribution < 1.29 is 27.2 Å². The number of methoxy groups -OCH3 is 1. The van der Waals surface area contributed by atoms with Gasteiger partial charge in [0.2, 0.25) is 5.88 Å². The van der Waals surface area contributed by atoms with Gasteiger partial charge in [-0.3, -0.25) is 9.63 Å². The van der Waals surface area contributed by atoms with E-state index in [0.717, 1.165) is 24.3 Å². The number of amides is 1. The standard InChI is InChI=1S/C14H14FN3O5S/c1-22-14-7-4-11(8-16-14)17-13(19)9-23-18-24(20,21)12-5-2-10(15)3-6-12/h2-8,18H,9H2,1H3,(H,17,19).